The van der Waals surface area contributed by atoms with Crippen LogP contribution in [0, 0.1) is 0 Å². The monoisotopic (exact) mass is 399 g/mol. The van der Waals surface area contributed by atoms with Gasteiger partial charge in [-0.15, -0.1) is 0 Å². The minimum atomic E-state index is 0.530. The molecule has 2 N–H and O–H groups in total. The van der Waals surface area contributed by atoms with Crippen LogP contribution in [0.1, 0.15) is 5.56 Å². The second-order valence-electron chi connectivity index (χ2n) is 4.46. The van der Waals surface area contributed by atoms with Gasteiger partial charge in [0.1, 0.15) is 11.6 Å². The molecule has 0 saturated carbocycles. The van der Waals surface area contributed by atoms with Crippen LogP contribution in [0.25, 0.3) is 0 Å². The van der Waals surface area contributed by atoms with Crippen LogP contribution in [0.5, 0.6) is 5.75 Å². The third kappa shape index (κ3) is 5.12. The summed E-state index contributed by atoms with van der Waals surface area (Å²) in [5, 5.41) is 7.27. The zero-order valence-corrected chi connectivity index (χ0v) is 15.1. The van der Waals surface area contributed by atoms with E-state index in [4.69, 9.17) is 28.6 Å². The highest BCUT2D eigenvalue weighted by Gasteiger charge is 2.02. The van der Waals surface area contributed by atoms with Crippen LogP contribution in [0.3, 0.4) is 0 Å². The molecule has 7 heteroatoms. The summed E-state index contributed by atoms with van der Waals surface area (Å²) < 4.78 is 6.15. The van der Waals surface area contributed by atoms with E-state index in [2.05, 4.69) is 31.5 Å². The van der Waals surface area contributed by atoms with E-state index in [-0.39, 0.29) is 0 Å². The average molecular weight is 401 g/mol. The average Bonchev–Trinajstić information content (AvgIpc) is 2.50. The number of hydrogen-bond donors (Lipinski definition) is 2. The Kier molecular flexibility index (Phi) is 6.42. The van der Waals surface area contributed by atoms with Gasteiger partial charge in [-0.2, -0.15) is 0 Å². The molecule has 1 aromatic carbocycles. The van der Waals surface area contributed by atoms with E-state index in [9.17, 15) is 0 Å². The number of hydrogen-bond acceptors (Lipinski definition) is 3. The Morgan fingerprint density at radius 3 is 2.82 bits per heavy atom. The van der Waals surface area contributed by atoms with Crippen molar-refractivity contribution >= 4 is 50.7 Å². The van der Waals surface area contributed by atoms with E-state index in [1.165, 1.54) is 5.56 Å². The lowest BCUT2D eigenvalue weighted by Gasteiger charge is -2.10. The molecule has 2 aromatic rings. The van der Waals surface area contributed by atoms with Crippen LogP contribution >= 0.6 is 39.7 Å². The normalized spacial score (nSPS) is 10.1. The minimum Gasteiger partial charge on any atom is -0.496 e. The summed E-state index contributed by atoms with van der Waals surface area (Å²) in [7, 11) is 1.65. The molecule has 0 bridgehead atoms. The van der Waals surface area contributed by atoms with Crippen molar-refractivity contribution in [3.8, 4) is 5.75 Å². The molecule has 0 spiro atoms. The van der Waals surface area contributed by atoms with Gasteiger partial charge in [0.05, 0.1) is 16.6 Å². The Labute approximate surface area is 148 Å². The molecule has 1 heterocycles. The van der Waals surface area contributed by atoms with Crippen molar-refractivity contribution in [3.63, 3.8) is 0 Å². The van der Waals surface area contributed by atoms with Crippen molar-refractivity contribution < 1.29 is 4.74 Å². The van der Waals surface area contributed by atoms with Crippen LogP contribution < -0.4 is 15.4 Å². The molecule has 0 saturated heterocycles. The molecule has 116 valence electrons. The molecule has 0 aliphatic rings. The molecule has 2 rings (SSSR count). The van der Waals surface area contributed by atoms with E-state index >= 15 is 0 Å². The molecule has 22 heavy (non-hydrogen) atoms. The van der Waals surface area contributed by atoms with Crippen molar-refractivity contribution in [3.05, 3.63) is 51.6 Å². The minimum absolute atomic E-state index is 0.530. The Bertz CT molecular complexity index is 652. The highest BCUT2D eigenvalue weighted by Crippen LogP contribution is 2.25. The summed E-state index contributed by atoms with van der Waals surface area (Å²) in [5.41, 5.74) is 1.19. The number of aromatic nitrogens is 1. The topological polar surface area (TPSA) is 46.2 Å². The Morgan fingerprint density at radius 1 is 1.36 bits per heavy atom. The molecule has 0 amide bonds. The first-order valence-corrected chi connectivity index (χ1v) is 8.15. The Morgan fingerprint density at radius 2 is 2.18 bits per heavy atom. The first kappa shape index (κ1) is 17.0. The molecule has 0 radical (unpaired) electrons. The SMILES string of the molecule is COc1ccc(CCNC(=S)Nc2ccc(Cl)cn2)cc1Br. The van der Waals surface area contributed by atoms with Crippen molar-refractivity contribution in [1.82, 2.24) is 10.3 Å². The van der Waals surface area contributed by atoms with Gasteiger partial charge in [0.2, 0.25) is 0 Å². The molecular weight excluding hydrogens is 386 g/mol. The summed E-state index contributed by atoms with van der Waals surface area (Å²) in [4.78, 5) is 4.12. The highest BCUT2D eigenvalue weighted by atomic mass is 79.9. The van der Waals surface area contributed by atoms with Crippen LogP contribution in [0.15, 0.2) is 41.0 Å². The maximum atomic E-state index is 5.78. The van der Waals surface area contributed by atoms with Crippen molar-refractivity contribution in [2.45, 2.75) is 6.42 Å². The number of anilines is 1. The predicted octanol–water partition coefficient (Wildman–Crippen LogP) is 4.04. The van der Waals surface area contributed by atoms with E-state index in [0.717, 1.165) is 23.2 Å². The van der Waals surface area contributed by atoms with Crippen LogP contribution in [-0.4, -0.2) is 23.8 Å². The lowest BCUT2D eigenvalue weighted by atomic mass is 10.1. The molecule has 0 fully saturated rings. The smallest absolute Gasteiger partial charge is 0.171 e. The maximum absolute atomic E-state index is 5.78. The number of methoxy groups -OCH3 is 1. The molecule has 0 aliphatic carbocycles. The lowest BCUT2D eigenvalue weighted by molar-refractivity contribution is 0.412. The zero-order chi connectivity index (χ0) is 15.9. The summed E-state index contributed by atoms with van der Waals surface area (Å²) >= 11 is 14.5. The van der Waals surface area contributed by atoms with E-state index in [0.29, 0.717) is 16.0 Å². The van der Waals surface area contributed by atoms with Crippen molar-refractivity contribution in [2.75, 3.05) is 19.0 Å². The number of halogens is 2. The van der Waals surface area contributed by atoms with Gasteiger partial charge >= 0.3 is 0 Å². The molecule has 0 aliphatic heterocycles. The number of benzene rings is 1. The number of pyridine rings is 1. The van der Waals surface area contributed by atoms with E-state index in [1.807, 2.05) is 18.2 Å². The molecular formula is C15H15BrClN3OS. The van der Waals surface area contributed by atoms with Crippen LogP contribution in [0.2, 0.25) is 5.02 Å². The quantitative estimate of drug-likeness (QED) is 0.742. The number of ether oxygens (including phenoxy) is 1. The van der Waals surface area contributed by atoms with Gasteiger partial charge in [0.15, 0.2) is 5.11 Å². The molecule has 0 atom stereocenters. The van der Waals surface area contributed by atoms with Gasteiger partial charge in [-0.25, -0.2) is 4.98 Å². The maximum Gasteiger partial charge on any atom is 0.171 e. The van der Waals surface area contributed by atoms with Gasteiger partial charge in [-0.05, 0) is 64.4 Å². The van der Waals surface area contributed by atoms with Gasteiger partial charge in [0, 0.05) is 12.7 Å². The standard InChI is InChI=1S/C15H15BrClN3OS/c1-21-13-4-2-10(8-12(13)16)6-7-18-15(22)20-14-5-3-11(17)9-19-14/h2-5,8-9H,6-7H2,1H3,(H2,18,19,20,22). The van der Waals surface area contributed by atoms with E-state index < -0.39 is 0 Å². The first-order chi connectivity index (χ1) is 10.6. The largest absolute Gasteiger partial charge is 0.496 e. The second kappa shape index (κ2) is 8.31. The second-order valence-corrected chi connectivity index (χ2v) is 6.16. The van der Waals surface area contributed by atoms with Crippen molar-refractivity contribution in [2.24, 2.45) is 0 Å². The predicted molar refractivity (Wildman–Crippen MR) is 97.9 cm³/mol. The fourth-order valence-electron chi connectivity index (χ4n) is 1.80. The number of nitrogens with zero attached hydrogens (tertiary/aromatic N) is 1. The van der Waals surface area contributed by atoms with Crippen molar-refractivity contribution in [1.29, 1.82) is 0 Å². The number of nitrogens with one attached hydrogen (secondary N) is 2. The Balaban J connectivity index is 1.79. The number of rotatable bonds is 5. The van der Waals surface area contributed by atoms with Gasteiger partial charge in [-0.1, -0.05) is 17.7 Å². The summed E-state index contributed by atoms with van der Waals surface area (Å²) in [6.07, 6.45) is 2.42. The molecule has 4 nitrogen and oxygen atoms in total. The fraction of sp³-hybridized carbons (Fsp3) is 0.200. The van der Waals surface area contributed by atoms with Crippen LogP contribution in [-0.2, 0) is 6.42 Å². The fourth-order valence-corrected chi connectivity index (χ4v) is 2.70. The summed E-state index contributed by atoms with van der Waals surface area (Å²) in [6.45, 7) is 0.720. The van der Waals surface area contributed by atoms with Crippen LogP contribution in [0.4, 0.5) is 5.82 Å². The Hall–Kier alpha value is -1.37. The lowest BCUT2D eigenvalue weighted by Crippen LogP contribution is -2.30. The van der Waals surface area contributed by atoms with E-state index in [1.54, 1.807) is 25.4 Å². The molecule has 0 unspecified atom stereocenters. The number of thiocarbonyl (C=S) groups is 1. The zero-order valence-electron chi connectivity index (χ0n) is 11.9. The molecule has 1 aromatic heterocycles. The van der Waals surface area contributed by atoms with Gasteiger partial charge in [-0.3, -0.25) is 0 Å². The third-order valence-corrected chi connectivity index (χ3v) is 3.97. The van der Waals surface area contributed by atoms with Gasteiger partial charge in [0.25, 0.3) is 0 Å². The summed E-state index contributed by atoms with van der Waals surface area (Å²) in [6, 6.07) is 9.54. The summed E-state index contributed by atoms with van der Waals surface area (Å²) in [5.74, 6) is 1.48. The van der Waals surface area contributed by atoms with Gasteiger partial charge < -0.3 is 15.4 Å². The third-order valence-electron chi connectivity index (χ3n) is 2.88. The first-order valence-electron chi connectivity index (χ1n) is 6.57. The highest BCUT2D eigenvalue weighted by molar-refractivity contribution is 9.10.